The molecule has 3 rings (SSSR count). The van der Waals surface area contributed by atoms with Gasteiger partial charge in [0, 0.05) is 12.2 Å². The molecule has 3 amide bonds. The predicted octanol–water partition coefficient (Wildman–Crippen LogP) is 2.53. The summed E-state index contributed by atoms with van der Waals surface area (Å²) in [7, 11) is 3.10. The predicted molar refractivity (Wildman–Crippen MR) is 139 cm³/mol. The van der Waals surface area contributed by atoms with Gasteiger partial charge in [0.2, 0.25) is 0 Å². The van der Waals surface area contributed by atoms with Crippen molar-refractivity contribution < 1.29 is 28.6 Å². The van der Waals surface area contributed by atoms with Gasteiger partial charge in [-0.25, -0.2) is 5.43 Å². The SMILES string of the molecule is COc1ccc(CCNC(=O)C(=O)N/N=C\c2ccc(OCC(=O)Nc3ccccc3)cc2)cc1OC. The summed E-state index contributed by atoms with van der Waals surface area (Å²) in [5, 5.41) is 9.08. The topological polar surface area (TPSA) is 127 Å². The van der Waals surface area contributed by atoms with E-state index in [0.29, 0.717) is 34.9 Å². The second-order valence-electron chi connectivity index (χ2n) is 7.67. The first-order valence-electron chi connectivity index (χ1n) is 11.4. The number of benzene rings is 3. The van der Waals surface area contributed by atoms with Crippen molar-refractivity contribution in [3.63, 3.8) is 0 Å². The smallest absolute Gasteiger partial charge is 0.329 e. The molecule has 3 N–H and O–H groups in total. The molecule has 0 aliphatic rings. The highest BCUT2D eigenvalue weighted by Crippen LogP contribution is 2.27. The first-order valence-corrected chi connectivity index (χ1v) is 11.4. The fourth-order valence-corrected chi connectivity index (χ4v) is 3.17. The van der Waals surface area contributed by atoms with E-state index in [2.05, 4.69) is 21.2 Å². The van der Waals surface area contributed by atoms with E-state index in [1.54, 1.807) is 56.7 Å². The molecule has 10 heteroatoms. The lowest BCUT2D eigenvalue weighted by Gasteiger charge is -2.10. The van der Waals surface area contributed by atoms with Crippen LogP contribution in [0.25, 0.3) is 0 Å². The first kappa shape index (κ1) is 26.7. The molecule has 0 radical (unpaired) electrons. The van der Waals surface area contributed by atoms with Gasteiger partial charge in [0.05, 0.1) is 20.4 Å². The van der Waals surface area contributed by atoms with Crippen LogP contribution in [-0.2, 0) is 20.8 Å². The van der Waals surface area contributed by atoms with Crippen molar-refractivity contribution in [3.05, 3.63) is 83.9 Å². The molecule has 0 spiro atoms. The van der Waals surface area contributed by atoms with Crippen molar-refractivity contribution >= 4 is 29.6 Å². The van der Waals surface area contributed by atoms with Gasteiger partial charge in [-0.3, -0.25) is 14.4 Å². The number of hydrazone groups is 1. The largest absolute Gasteiger partial charge is 0.493 e. The number of anilines is 1. The molecular weight excluding hydrogens is 476 g/mol. The highest BCUT2D eigenvalue weighted by atomic mass is 16.5. The number of hydrogen-bond donors (Lipinski definition) is 3. The minimum absolute atomic E-state index is 0.139. The Kier molecular flexibility index (Phi) is 10.0. The molecule has 0 saturated carbocycles. The van der Waals surface area contributed by atoms with Crippen LogP contribution >= 0.6 is 0 Å². The standard InChI is InChI=1S/C27H28N4O6/c1-35-23-13-10-19(16-24(23)36-2)14-15-28-26(33)27(34)31-29-17-20-8-11-22(12-9-20)37-18-25(32)30-21-6-4-3-5-7-21/h3-13,16-17H,14-15,18H2,1-2H3,(H,28,33)(H,30,32)(H,31,34)/b29-17-. The first-order chi connectivity index (χ1) is 18.0. The number of nitrogens with one attached hydrogen (secondary N) is 3. The van der Waals surface area contributed by atoms with E-state index in [-0.39, 0.29) is 19.1 Å². The summed E-state index contributed by atoms with van der Waals surface area (Å²) in [6, 6.07) is 21.3. The van der Waals surface area contributed by atoms with Crippen LogP contribution < -0.4 is 30.3 Å². The minimum Gasteiger partial charge on any atom is -0.493 e. The zero-order valence-corrected chi connectivity index (χ0v) is 20.5. The molecule has 0 heterocycles. The number of carbonyl (C=O) groups is 3. The van der Waals surface area contributed by atoms with Crippen molar-refractivity contribution in [1.82, 2.24) is 10.7 Å². The molecule has 0 bridgehead atoms. The lowest BCUT2D eigenvalue weighted by Crippen LogP contribution is -2.38. The molecule has 0 saturated heterocycles. The molecule has 0 aromatic heterocycles. The third-order valence-corrected chi connectivity index (χ3v) is 5.04. The van der Waals surface area contributed by atoms with Gasteiger partial charge < -0.3 is 24.8 Å². The molecule has 37 heavy (non-hydrogen) atoms. The lowest BCUT2D eigenvalue weighted by molar-refractivity contribution is -0.139. The number of methoxy groups -OCH3 is 2. The van der Waals surface area contributed by atoms with Gasteiger partial charge in [0.25, 0.3) is 5.91 Å². The molecular formula is C27H28N4O6. The summed E-state index contributed by atoms with van der Waals surface area (Å²) < 4.78 is 15.9. The van der Waals surface area contributed by atoms with Crippen LogP contribution in [0.3, 0.4) is 0 Å². The minimum atomic E-state index is -0.882. The van der Waals surface area contributed by atoms with Crippen LogP contribution in [0.15, 0.2) is 77.9 Å². The van der Waals surface area contributed by atoms with Gasteiger partial charge in [-0.15, -0.1) is 0 Å². The summed E-state index contributed by atoms with van der Waals surface area (Å²) in [4.78, 5) is 35.9. The Hall–Kier alpha value is -4.86. The van der Waals surface area contributed by atoms with Gasteiger partial charge in [-0.05, 0) is 66.1 Å². The van der Waals surface area contributed by atoms with Gasteiger partial charge >= 0.3 is 11.8 Å². The van der Waals surface area contributed by atoms with Crippen LogP contribution in [0.1, 0.15) is 11.1 Å². The Balaban J connectivity index is 1.37. The number of nitrogens with zero attached hydrogens (tertiary/aromatic N) is 1. The van der Waals surface area contributed by atoms with E-state index < -0.39 is 11.8 Å². The Bertz CT molecular complexity index is 1230. The summed E-state index contributed by atoms with van der Waals surface area (Å²) in [6.07, 6.45) is 1.89. The Morgan fingerprint density at radius 3 is 2.30 bits per heavy atom. The highest BCUT2D eigenvalue weighted by Gasteiger charge is 2.12. The van der Waals surface area contributed by atoms with Crippen molar-refractivity contribution in [2.45, 2.75) is 6.42 Å². The summed E-state index contributed by atoms with van der Waals surface area (Å²) >= 11 is 0. The number of para-hydroxylation sites is 1. The molecule has 0 unspecified atom stereocenters. The Morgan fingerprint density at radius 1 is 0.865 bits per heavy atom. The Morgan fingerprint density at radius 2 is 1.59 bits per heavy atom. The van der Waals surface area contributed by atoms with Gasteiger partial charge in [-0.2, -0.15) is 5.10 Å². The second kappa shape index (κ2) is 13.9. The normalized spacial score (nSPS) is 10.4. The molecule has 0 atom stereocenters. The van der Waals surface area contributed by atoms with E-state index in [0.717, 1.165) is 5.56 Å². The zero-order chi connectivity index (χ0) is 26.5. The second-order valence-corrected chi connectivity index (χ2v) is 7.67. The molecule has 0 aliphatic carbocycles. The molecule has 192 valence electrons. The number of carbonyl (C=O) groups excluding carboxylic acids is 3. The molecule has 3 aromatic rings. The average molecular weight is 505 g/mol. The zero-order valence-electron chi connectivity index (χ0n) is 20.5. The molecule has 0 fully saturated rings. The van der Waals surface area contributed by atoms with E-state index >= 15 is 0 Å². The monoisotopic (exact) mass is 504 g/mol. The fraction of sp³-hybridized carbons (Fsp3) is 0.185. The van der Waals surface area contributed by atoms with E-state index in [9.17, 15) is 14.4 Å². The maximum Gasteiger partial charge on any atom is 0.329 e. The summed E-state index contributed by atoms with van der Waals surface area (Å²) in [5.41, 5.74) is 4.46. The third kappa shape index (κ3) is 8.70. The van der Waals surface area contributed by atoms with Crippen LogP contribution in [0.2, 0.25) is 0 Å². The molecule has 10 nitrogen and oxygen atoms in total. The van der Waals surface area contributed by atoms with Gasteiger partial charge in [-0.1, -0.05) is 24.3 Å². The van der Waals surface area contributed by atoms with E-state index in [1.807, 2.05) is 30.3 Å². The number of ether oxygens (including phenoxy) is 3. The van der Waals surface area contributed by atoms with Crippen molar-refractivity contribution in [1.29, 1.82) is 0 Å². The number of hydrogen-bond acceptors (Lipinski definition) is 7. The van der Waals surface area contributed by atoms with Crippen molar-refractivity contribution in [2.24, 2.45) is 5.10 Å². The van der Waals surface area contributed by atoms with E-state index in [4.69, 9.17) is 14.2 Å². The highest BCUT2D eigenvalue weighted by molar-refractivity contribution is 6.35. The van der Waals surface area contributed by atoms with Crippen LogP contribution in [0.5, 0.6) is 17.2 Å². The third-order valence-electron chi connectivity index (χ3n) is 5.04. The van der Waals surface area contributed by atoms with Crippen LogP contribution in [-0.4, -0.2) is 51.3 Å². The lowest BCUT2D eigenvalue weighted by atomic mass is 10.1. The average Bonchev–Trinajstić information content (AvgIpc) is 2.92. The quantitative estimate of drug-likeness (QED) is 0.209. The van der Waals surface area contributed by atoms with Gasteiger partial charge in [0.15, 0.2) is 18.1 Å². The maximum absolute atomic E-state index is 12.0. The summed E-state index contributed by atoms with van der Waals surface area (Å²) in [5.74, 6) is -0.254. The van der Waals surface area contributed by atoms with Crippen LogP contribution in [0, 0.1) is 0 Å². The maximum atomic E-state index is 12.0. The number of rotatable bonds is 11. The van der Waals surface area contributed by atoms with E-state index in [1.165, 1.54) is 6.21 Å². The Labute approximate surface area is 214 Å². The van der Waals surface area contributed by atoms with Gasteiger partial charge in [0.1, 0.15) is 5.75 Å². The van der Waals surface area contributed by atoms with Crippen molar-refractivity contribution in [2.75, 3.05) is 32.7 Å². The number of amides is 3. The van der Waals surface area contributed by atoms with Crippen LogP contribution in [0.4, 0.5) is 5.69 Å². The van der Waals surface area contributed by atoms with Crippen molar-refractivity contribution in [3.8, 4) is 17.2 Å². The molecule has 3 aromatic carbocycles. The fourth-order valence-electron chi connectivity index (χ4n) is 3.17. The molecule has 0 aliphatic heterocycles. The summed E-state index contributed by atoms with van der Waals surface area (Å²) in [6.45, 7) is 0.121.